The van der Waals surface area contributed by atoms with Crippen LogP contribution in [0.25, 0.3) is 10.9 Å². The predicted molar refractivity (Wildman–Crippen MR) is 111 cm³/mol. The summed E-state index contributed by atoms with van der Waals surface area (Å²) < 4.78 is 0. The number of aromatic nitrogens is 2. The Balaban J connectivity index is 0.00000243. The van der Waals surface area contributed by atoms with Crippen LogP contribution in [0.15, 0.2) is 36.7 Å². The van der Waals surface area contributed by atoms with Crippen molar-refractivity contribution in [2.45, 2.75) is 0 Å². The van der Waals surface area contributed by atoms with Crippen LogP contribution in [0, 0.1) is 0 Å². The number of carbonyl (C=O) groups is 1. The van der Waals surface area contributed by atoms with Gasteiger partial charge in [-0.1, -0.05) is 34.8 Å². The van der Waals surface area contributed by atoms with E-state index in [0.29, 0.717) is 43.2 Å². The first-order valence-corrected chi connectivity index (χ1v) is 8.67. The lowest BCUT2D eigenvalue weighted by Crippen LogP contribution is -2.13. The van der Waals surface area contributed by atoms with E-state index in [1.54, 1.807) is 30.3 Å². The summed E-state index contributed by atoms with van der Waals surface area (Å²) >= 11 is 23.7. The van der Waals surface area contributed by atoms with Crippen molar-refractivity contribution in [3.8, 4) is 0 Å². The second kappa shape index (κ2) is 8.93. The molecule has 0 saturated heterocycles. The third-order valence-electron chi connectivity index (χ3n) is 3.30. The summed E-state index contributed by atoms with van der Waals surface area (Å²) in [7, 11) is 0. The highest BCUT2D eigenvalue weighted by Crippen LogP contribution is 2.32. The maximum atomic E-state index is 11.5. The van der Waals surface area contributed by atoms with Gasteiger partial charge in [-0.2, -0.15) is 0 Å². The highest BCUT2D eigenvalue weighted by Gasteiger charge is 2.11. The molecule has 1 aromatic heterocycles. The molecule has 0 unspecified atom stereocenters. The number of nitrogens with zero attached hydrogens (tertiary/aromatic N) is 2. The molecule has 1 heterocycles. The monoisotopic (exact) mass is 450 g/mol. The third kappa shape index (κ3) is 4.61. The molecule has 136 valence electrons. The number of rotatable bonds is 4. The van der Waals surface area contributed by atoms with Crippen molar-refractivity contribution in [1.82, 2.24) is 9.97 Å². The Labute approximate surface area is 175 Å². The second-order valence-electron chi connectivity index (χ2n) is 5.01. The fraction of sp³-hybridized carbons (Fsp3) is 0.0625. The molecular formula is C16H11Cl5N4O. The Morgan fingerprint density at radius 2 is 1.77 bits per heavy atom. The van der Waals surface area contributed by atoms with Crippen LogP contribution in [0.2, 0.25) is 15.1 Å². The zero-order valence-electron chi connectivity index (χ0n) is 12.9. The van der Waals surface area contributed by atoms with Crippen LogP contribution in [-0.4, -0.2) is 21.8 Å². The molecule has 3 rings (SSSR count). The molecule has 0 atom stereocenters. The summed E-state index contributed by atoms with van der Waals surface area (Å²) in [5, 5.41) is 7.68. The van der Waals surface area contributed by atoms with Crippen molar-refractivity contribution in [1.29, 1.82) is 0 Å². The summed E-state index contributed by atoms with van der Waals surface area (Å²) in [6.45, 7) is 0. The quantitative estimate of drug-likeness (QED) is 0.481. The van der Waals surface area contributed by atoms with E-state index in [-0.39, 0.29) is 24.2 Å². The zero-order valence-corrected chi connectivity index (χ0v) is 16.7. The molecule has 2 aromatic carbocycles. The summed E-state index contributed by atoms with van der Waals surface area (Å²) in [6.07, 6.45) is 1.41. The van der Waals surface area contributed by atoms with Crippen molar-refractivity contribution >= 4 is 92.8 Å². The molecule has 0 aliphatic carbocycles. The van der Waals surface area contributed by atoms with Gasteiger partial charge in [0.05, 0.1) is 26.3 Å². The van der Waals surface area contributed by atoms with Crippen LogP contribution in [0.3, 0.4) is 0 Å². The zero-order chi connectivity index (χ0) is 18.0. The number of halogens is 5. The van der Waals surface area contributed by atoms with Crippen LogP contribution in [0.1, 0.15) is 0 Å². The van der Waals surface area contributed by atoms with E-state index in [9.17, 15) is 4.79 Å². The fourth-order valence-electron chi connectivity index (χ4n) is 2.17. The maximum Gasteiger partial charge on any atom is 0.239 e. The van der Waals surface area contributed by atoms with Gasteiger partial charge in [0.1, 0.15) is 18.0 Å². The molecule has 0 fully saturated rings. The van der Waals surface area contributed by atoms with E-state index in [0.717, 1.165) is 0 Å². The van der Waals surface area contributed by atoms with E-state index in [4.69, 9.17) is 46.4 Å². The molecule has 26 heavy (non-hydrogen) atoms. The minimum atomic E-state index is -0.362. The van der Waals surface area contributed by atoms with E-state index in [1.165, 1.54) is 6.33 Å². The molecule has 5 nitrogen and oxygen atoms in total. The van der Waals surface area contributed by atoms with Gasteiger partial charge in [-0.15, -0.1) is 24.0 Å². The smallest absolute Gasteiger partial charge is 0.239 e. The number of nitrogens with one attached hydrogen (secondary N) is 2. The van der Waals surface area contributed by atoms with Crippen molar-refractivity contribution in [2.75, 3.05) is 16.5 Å². The number of amides is 1. The Hall–Kier alpha value is -1.50. The summed E-state index contributed by atoms with van der Waals surface area (Å²) in [5.41, 5.74) is 1.74. The van der Waals surface area contributed by atoms with Crippen LogP contribution >= 0.6 is 58.8 Å². The van der Waals surface area contributed by atoms with Gasteiger partial charge in [0.15, 0.2) is 0 Å². The Morgan fingerprint density at radius 3 is 2.46 bits per heavy atom. The minimum absolute atomic E-state index is 0. The van der Waals surface area contributed by atoms with Gasteiger partial charge in [-0.25, -0.2) is 9.97 Å². The first-order valence-electron chi connectivity index (χ1n) is 7.00. The SMILES string of the molecule is Cl.O=C(CCl)Nc1cc2c(Nc3ccc(Cl)c(Cl)c3)ncnc2cc1Cl. The molecule has 3 aromatic rings. The standard InChI is InChI=1S/C16H10Cl4N4O.ClH/c17-6-15(25)24-14-4-9-13(5-12(14)20)21-7-22-16(9)23-8-1-2-10(18)11(19)3-8;/h1-5,7H,6H2,(H,24,25)(H,21,22,23);1H. The van der Waals surface area contributed by atoms with Crippen LogP contribution in [-0.2, 0) is 4.79 Å². The molecule has 1 amide bonds. The van der Waals surface area contributed by atoms with E-state index >= 15 is 0 Å². The van der Waals surface area contributed by atoms with E-state index in [1.807, 2.05) is 0 Å². The topological polar surface area (TPSA) is 66.9 Å². The van der Waals surface area contributed by atoms with Gasteiger partial charge in [0, 0.05) is 11.1 Å². The molecular weight excluding hydrogens is 441 g/mol. The van der Waals surface area contributed by atoms with Gasteiger partial charge in [0.2, 0.25) is 5.91 Å². The molecule has 0 radical (unpaired) electrons. The molecule has 0 bridgehead atoms. The fourth-order valence-corrected chi connectivity index (χ4v) is 2.74. The minimum Gasteiger partial charge on any atom is -0.340 e. The Kier molecular flexibility index (Phi) is 7.15. The molecule has 0 aliphatic heterocycles. The number of hydrogen-bond acceptors (Lipinski definition) is 4. The van der Waals surface area contributed by atoms with E-state index in [2.05, 4.69) is 20.6 Å². The van der Waals surface area contributed by atoms with Gasteiger partial charge in [-0.05, 0) is 30.3 Å². The van der Waals surface area contributed by atoms with Crippen LogP contribution in [0.4, 0.5) is 17.2 Å². The average Bonchev–Trinajstić information content (AvgIpc) is 2.59. The molecule has 2 N–H and O–H groups in total. The highest BCUT2D eigenvalue weighted by molar-refractivity contribution is 6.42. The first-order chi connectivity index (χ1) is 12.0. The van der Waals surface area contributed by atoms with Crippen molar-refractivity contribution in [3.63, 3.8) is 0 Å². The lowest BCUT2D eigenvalue weighted by Gasteiger charge is -2.12. The largest absolute Gasteiger partial charge is 0.340 e. The van der Waals surface area contributed by atoms with Crippen molar-refractivity contribution in [2.24, 2.45) is 0 Å². The maximum absolute atomic E-state index is 11.5. The Morgan fingerprint density at radius 1 is 1.00 bits per heavy atom. The van der Waals surface area contributed by atoms with Crippen molar-refractivity contribution in [3.05, 3.63) is 51.7 Å². The number of hydrogen-bond donors (Lipinski definition) is 2. The number of anilines is 3. The average molecular weight is 453 g/mol. The highest BCUT2D eigenvalue weighted by atomic mass is 35.5. The summed E-state index contributed by atoms with van der Waals surface area (Å²) in [5.74, 6) is -0.00574. The van der Waals surface area contributed by atoms with Gasteiger partial charge >= 0.3 is 0 Å². The number of benzene rings is 2. The third-order valence-corrected chi connectivity index (χ3v) is 4.60. The first kappa shape index (κ1) is 20.8. The summed E-state index contributed by atoms with van der Waals surface area (Å²) in [4.78, 5) is 20.0. The van der Waals surface area contributed by atoms with Crippen molar-refractivity contribution < 1.29 is 4.79 Å². The van der Waals surface area contributed by atoms with Crippen LogP contribution in [0.5, 0.6) is 0 Å². The molecule has 0 saturated carbocycles. The molecule has 10 heteroatoms. The lowest BCUT2D eigenvalue weighted by molar-refractivity contribution is -0.113. The van der Waals surface area contributed by atoms with Gasteiger partial charge in [0.25, 0.3) is 0 Å². The summed E-state index contributed by atoms with van der Waals surface area (Å²) in [6, 6.07) is 8.46. The van der Waals surface area contributed by atoms with Gasteiger partial charge < -0.3 is 10.6 Å². The van der Waals surface area contributed by atoms with Gasteiger partial charge in [-0.3, -0.25) is 4.79 Å². The lowest BCUT2D eigenvalue weighted by atomic mass is 10.2. The molecule has 0 aliphatic rings. The normalized spacial score (nSPS) is 10.3. The number of carbonyl (C=O) groups excluding carboxylic acids is 1. The molecule has 0 spiro atoms. The number of alkyl halides is 1. The van der Waals surface area contributed by atoms with Crippen LogP contribution < -0.4 is 10.6 Å². The number of fused-ring (bicyclic) bond motifs is 1. The van der Waals surface area contributed by atoms with E-state index < -0.39 is 0 Å². The Bertz CT molecular complexity index is 967. The second-order valence-corrected chi connectivity index (χ2v) is 6.50. The predicted octanol–water partition coefficient (Wildman–Crippen LogP) is 5.93.